The summed E-state index contributed by atoms with van der Waals surface area (Å²) in [7, 11) is 0. The van der Waals surface area contributed by atoms with E-state index >= 15 is 0 Å². The second-order valence-electron chi connectivity index (χ2n) is 16.3. The van der Waals surface area contributed by atoms with Gasteiger partial charge in [-0.1, -0.05) is 61.7 Å². The molecule has 1 atom stereocenters. The van der Waals surface area contributed by atoms with Crippen LogP contribution >= 0.6 is 0 Å². The van der Waals surface area contributed by atoms with Crippen molar-refractivity contribution in [1.82, 2.24) is 30.5 Å². The maximum Gasteiger partial charge on any atom is 0.341 e. The number of carbonyl (C=O) groups is 6. The smallest absolute Gasteiger partial charge is 0.341 e. The molecular weight excluding hydrogens is 857 g/mol. The number of carboxylic acids is 2. The number of hydrogen-bond donors (Lipinski definition) is 6. The Morgan fingerprint density at radius 3 is 2.10 bits per heavy atom. The Morgan fingerprint density at radius 1 is 0.701 bits per heavy atom. The fraction of sp³-hybridized carbons (Fsp3) is 0.235. The first kappa shape index (κ1) is 45.3. The highest BCUT2D eigenvalue weighted by Gasteiger charge is 2.26. The van der Waals surface area contributed by atoms with Gasteiger partial charge < -0.3 is 45.2 Å². The van der Waals surface area contributed by atoms with Gasteiger partial charge in [-0.15, -0.1) is 0 Å². The van der Waals surface area contributed by atoms with Crippen molar-refractivity contribution in [1.29, 1.82) is 0 Å². The number of hydrogen-bond acceptors (Lipinski definition) is 9. The molecule has 1 unspecified atom stereocenters. The van der Waals surface area contributed by atoms with Gasteiger partial charge in [0.1, 0.15) is 23.4 Å². The number of rotatable bonds is 19. The summed E-state index contributed by atoms with van der Waals surface area (Å²) in [5.74, 6) is -2.28. The summed E-state index contributed by atoms with van der Waals surface area (Å²) in [4.78, 5) is 83.2. The molecule has 1 aliphatic carbocycles. The van der Waals surface area contributed by atoms with Gasteiger partial charge in [0.2, 0.25) is 0 Å². The van der Waals surface area contributed by atoms with Gasteiger partial charge in [0.15, 0.2) is 19.0 Å². The molecule has 3 amide bonds. The molecule has 1 aliphatic rings. The minimum Gasteiger partial charge on any atom is -0.484 e. The normalized spacial score (nSPS) is 13.1. The highest BCUT2D eigenvalue weighted by Crippen LogP contribution is 2.37. The van der Waals surface area contributed by atoms with Crippen molar-refractivity contribution in [3.8, 4) is 22.9 Å². The number of nitrogens with one attached hydrogen (secondary N) is 4. The maximum absolute atomic E-state index is 13.7. The first-order valence-electron chi connectivity index (χ1n) is 22.0. The minimum atomic E-state index is -1.28. The first-order valence-corrected chi connectivity index (χ1v) is 22.0. The number of H-pyrrole nitrogens is 1. The van der Waals surface area contributed by atoms with E-state index in [1.54, 1.807) is 97.2 Å². The lowest BCUT2D eigenvalue weighted by molar-refractivity contribution is -0.140. The molecule has 0 spiro atoms. The van der Waals surface area contributed by atoms with Crippen molar-refractivity contribution in [3.05, 3.63) is 149 Å². The molecule has 342 valence electrons. The number of carboxylic acid groups (broad SMARTS) is 2. The number of carbonyl (C=O) groups excluding carboxylic acids is 4. The average molecular weight is 905 g/mol. The van der Waals surface area contributed by atoms with Gasteiger partial charge >= 0.3 is 11.9 Å². The van der Waals surface area contributed by atoms with Gasteiger partial charge in [-0.2, -0.15) is 0 Å². The summed E-state index contributed by atoms with van der Waals surface area (Å²) in [5, 5.41) is 28.0. The van der Waals surface area contributed by atoms with Gasteiger partial charge in [0, 0.05) is 70.5 Å². The highest BCUT2D eigenvalue weighted by atomic mass is 16.5. The van der Waals surface area contributed by atoms with Gasteiger partial charge in [-0.3, -0.25) is 19.2 Å². The van der Waals surface area contributed by atoms with Gasteiger partial charge in [0.05, 0.1) is 11.0 Å². The Bertz CT molecular complexity index is 2940. The second-order valence-corrected chi connectivity index (χ2v) is 16.3. The molecule has 8 rings (SSSR count). The number of imidazole rings is 1. The molecule has 6 N–H and O–H groups in total. The van der Waals surface area contributed by atoms with Gasteiger partial charge in [0.25, 0.3) is 17.7 Å². The molecule has 2 aromatic heterocycles. The Hall–Kier alpha value is -8.27. The zero-order chi connectivity index (χ0) is 46.9. The van der Waals surface area contributed by atoms with Crippen molar-refractivity contribution in [2.45, 2.75) is 50.6 Å². The SMILES string of the molecule is O=C(O)COc1ccc2[nH]cc(CC(NC(=O)c3ccc4c(c3)nc(-c3ccc(OCC(=O)NCCNC(=O)c5ccc(C(=O)c6ccccc6)cc5)cc3)n4C3CCCCC3)C(=O)O)c2c1. The van der Waals surface area contributed by atoms with Crippen LogP contribution in [0.4, 0.5) is 0 Å². The molecule has 0 bridgehead atoms. The number of fused-ring (bicyclic) bond motifs is 2. The average Bonchev–Trinajstić information content (AvgIpc) is 3.94. The molecule has 16 heteroatoms. The van der Waals surface area contributed by atoms with E-state index in [1.165, 1.54) is 0 Å². The molecule has 67 heavy (non-hydrogen) atoms. The van der Waals surface area contributed by atoms with Gasteiger partial charge in [-0.25, -0.2) is 14.6 Å². The Balaban J connectivity index is 0.876. The predicted octanol–water partition coefficient (Wildman–Crippen LogP) is 6.73. The number of aliphatic carboxylic acids is 2. The predicted molar refractivity (Wildman–Crippen MR) is 248 cm³/mol. The number of ether oxygens (including phenoxy) is 2. The second kappa shape index (κ2) is 20.7. The molecular formula is C51H48N6O10. The summed E-state index contributed by atoms with van der Waals surface area (Å²) in [6, 6.07) is 31.6. The summed E-state index contributed by atoms with van der Waals surface area (Å²) in [6.45, 7) is -0.408. The lowest BCUT2D eigenvalue weighted by atomic mass is 9.94. The number of benzene rings is 5. The van der Waals surface area contributed by atoms with Crippen LogP contribution in [0.2, 0.25) is 0 Å². The molecule has 7 aromatic rings. The standard InChI is InChI=1S/C51H48N6O10/c58-45(52-23-24-53-49(62)34-13-11-32(12-14-34)47(61)31-7-3-1-4-8-31)29-66-38-18-15-33(16-19-38)48-55-42-25-35(17-22-44(42)57(48)37-9-5-2-6-10-37)50(63)56-43(51(64)65)26-36-28-54-41-21-20-39(27-40(36)41)67-30-46(59)60/h1,3-4,7-8,11-22,25,27-28,37,43,54H,2,5-6,9-10,23-24,26,29-30H2,(H,52,58)(H,53,62)(H,56,63)(H,59,60)(H,64,65). The van der Waals surface area contributed by atoms with Gasteiger partial charge in [-0.05, 0) is 91.2 Å². The van der Waals surface area contributed by atoms with Crippen molar-refractivity contribution >= 4 is 57.4 Å². The summed E-state index contributed by atoms with van der Waals surface area (Å²) < 4.78 is 13.3. The number of aromatic amines is 1. The zero-order valence-corrected chi connectivity index (χ0v) is 36.3. The quantitative estimate of drug-likeness (QED) is 0.0368. The van der Waals surface area contributed by atoms with Crippen molar-refractivity contribution in [2.24, 2.45) is 0 Å². The van der Waals surface area contributed by atoms with Crippen LogP contribution in [0.15, 0.2) is 121 Å². The Labute approximate surface area is 384 Å². The van der Waals surface area contributed by atoms with Crippen LogP contribution in [0.1, 0.15) is 80.3 Å². The first-order chi connectivity index (χ1) is 32.5. The van der Waals surface area contributed by atoms with E-state index in [0.29, 0.717) is 56.0 Å². The van der Waals surface area contributed by atoms with E-state index in [0.717, 1.165) is 43.2 Å². The zero-order valence-electron chi connectivity index (χ0n) is 36.3. The summed E-state index contributed by atoms with van der Waals surface area (Å²) in [6.07, 6.45) is 6.83. The van der Waals surface area contributed by atoms with E-state index in [-0.39, 0.29) is 55.3 Å². The Morgan fingerprint density at radius 2 is 1.37 bits per heavy atom. The van der Waals surface area contributed by atoms with Crippen LogP contribution in [0.5, 0.6) is 11.5 Å². The van der Waals surface area contributed by atoms with Crippen LogP contribution in [0, 0.1) is 0 Å². The fourth-order valence-corrected chi connectivity index (χ4v) is 8.28. The van der Waals surface area contributed by atoms with Crippen LogP contribution in [0.25, 0.3) is 33.3 Å². The third kappa shape index (κ3) is 11.0. The molecule has 0 radical (unpaired) electrons. The van der Waals surface area contributed by atoms with E-state index in [4.69, 9.17) is 19.6 Å². The van der Waals surface area contributed by atoms with Crippen molar-refractivity contribution in [2.75, 3.05) is 26.3 Å². The molecule has 1 fully saturated rings. The summed E-state index contributed by atoms with van der Waals surface area (Å²) in [5.41, 5.74) is 5.20. The van der Waals surface area contributed by atoms with Crippen molar-refractivity contribution < 1.29 is 48.5 Å². The third-order valence-corrected chi connectivity index (χ3v) is 11.7. The monoisotopic (exact) mass is 904 g/mol. The van der Waals surface area contributed by atoms with E-state index < -0.39 is 30.5 Å². The topological polar surface area (TPSA) is 231 Å². The molecule has 5 aromatic carbocycles. The van der Waals surface area contributed by atoms with Crippen molar-refractivity contribution in [3.63, 3.8) is 0 Å². The van der Waals surface area contributed by atoms with Crippen LogP contribution in [0.3, 0.4) is 0 Å². The summed E-state index contributed by atoms with van der Waals surface area (Å²) >= 11 is 0. The Kier molecular flexibility index (Phi) is 14.0. The number of nitrogens with zero attached hydrogens (tertiary/aromatic N) is 2. The number of ketones is 1. The van der Waals surface area contributed by atoms with E-state index in [1.807, 2.05) is 24.3 Å². The third-order valence-electron chi connectivity index (χ3n) is 11.7. The van der Waals surface area contributed by atoms with Crippen LogP contribution in [-0.4, -0.2) is 92.5 Å². The highest BCUT2D eigenvalue weighted by molar-refractivity contribution is 6.09. The largest absolute Gasteiger partial charge is 0.484 e. The molecule has 16 nitrogen and oxygen atoms in total. The molecule has 2 heterocycles. The van der Waals surface area contributed by atoms with Crippen LogP contribution < -0.4 is 25.4 Å². The molecule has 1 saturated carbocycles. The minimum absolute atomic E-state index is 0.0468. The van der Waals surface area contributed by atoms with Crippen LogP contribution in [-0.2, 0) is 20.8 Å². The number of amides is 3. The lowest BCUT2D eigenvalue weighted by Crippen LogP contribution is -2.42. The van der Waals surface area contributed by atoms with E-state index in [2.05, 4.69) is 25.5 Å². The molecule has 0 aliphatic heterocycles. The molecule has 0 saturated heterocycles. The van der Waals surface area contributed by atoms with E-state index in [9.17, 15) is 33.9 Å². The lowest BCUT2D eigenvalue weighted by Gasteiger charge is -2.25. The fourth-order valence-electron chi connectivity index (χ4n) is 8.28. The number of aromatic nitrogens is 3. The maximum atomic E-state index is 13.7.